The van der Waals surface area contributed by atoms with Gasteiger partial charge in [0.15, 0.2) is 0 Å². The van der Waals surface area contributed by atoms with Gasteiger partial charge in [-0.05, 0) is 19.3 Å². The summed E-state index contributed by atoms with van der Waals surface area (Å²) >= 11 is 0. The molecule has 0 aromatic carbocycles. The third-order valence-corrected chi connectivity index (χ3v) is 2.70. The van der Waals surface area contributed by atoms with Crippen LogP contribution in [0.1, 0.15) is 52.0 Å². The molecule has 0 saturated carbocycles. The number of hydrogen-bond donors (Lipinski definition) is 3. The molecule has 5 heteroatoms. The van der Waals surface area contributed by atoms with E-state index >= 15 is 0 Å². The lowest BCUT2D eigenvalue weighted by molar-refractivity contribution is 0.683. The summed E-state index contributed by atoms with van der Waals surface area (Å²) in [5.74, 6) is 7.37. The van der Waals surface area contributed by atoms with Crippen LogP contribution in [-0.4, -0.2) is 16.0 Å². The zero-order valence-corrected chi connectivity index (χ0v) is 11.1. The minimum atomic E-state index is 0.318. The normalized spacial score (nSPS) is 12.6. The lowest BCUT2D eigenvalue weighted by atomic mass is 10.0. The van der Waals surface area contributed by atoms with E-state index in [1.54, 1.807) is 0 Å². The van der Waals surface area contributed by atoms with Gasteiger partial charge in [0.1, 0.15) is 18.0 Å². The maximum Gasteiger partial charge on any atom is 0.148 e. The second-order valence-corrected chi connectivity index (χ2v) is 4.62. The van der Waals surface area contributed by atoms with E-state index in [-0.39, 0.29) is 0 Å². The van der Waals surface area contributed by atoms with Gasteiger partial charge >= 0.3 is 0 Å². The molecule has 1 heterocycles. The van der Waals surface area contributed by atoms with Gasteiger partial charge in [0.25, 0.3) is 0 Å². The van der Waals surface area contributed by atoms with Crippen molar-refractivity contribution in [1.82, 2.24) is 9.97 Å². The minimum Gasteiger partial charge on any atom is -0.367 e. The first-order valence-electron chi connectivity index (χ1n) is 6.18. The van der Waals surface area contributed by atoms with Gasteiger partial charge in [-0.3, -0.25) is 0 Å². The highest BCUT2D eigenvalue weighted by Gasteiger charge is 2.15. The van der Waals surface area contributed by atoms with Gasteiger partial charge < -0.3 is 10.7 Å². The molecule has 0 amide bonds. The molecule has 1 aromatic heterocycles. The number of nitrogen functional groups attached to an aromatic ring is 1. The predicted molar refractivity (Wildman–Crippen MR) is 71.9 cm³/mol. The smallest absolute Gasteiger partial charge is 0.148 e. The summed E-state index contributed by atoms with van der Waals surface area (Å²) in [5.41, 5.74) is 3.67. The van der Waals surface area contributed by atoms with E-state index in [2.05, 4.69) is 48.4 Å². The van der Waals surface area contributed by atoms with Crippen LogP contribution in [0.3, 0.4) is 0 Å². The van der Waals surface area contributed by atoms with Crippen molar-refractivity contribution in [3.8, 4) is 0 Å². The molecule has 4 N–H and O–H groups in total. The summed E-state index contributed by atoms with van der Waals surface area (Å²) in [5, 5.41) is 3.42. The first-order chi connectivity index (χ1) is 8.10. The molecule has 0 aliphatic carbocycles. The van der Waals surface area contributed by atoms with E-state index in [1.165, 1.54) is 6.33 Å². The van der Waals surface area contributed by atoms with Gasteiger partial charge in [-0.1, -0.05) is 27.2 Å². The van der Waals surface area contributed by atoms with Crippen LogP contribution < -0.4 is 16.6 Å². The summed E-state index contributed by atoms with van der Waals surface area (Å²) in [7, 11) is 0. The molecule has 1 aromatic rings. The molecule has 0 saturated heterocycles. The summed E-state index contributed by atoms with van der Waals surface area (Å²) in [4.78, 5) is 8.46. The topological polar surface area (TPSA) is 75.9 Å². The Bertz CT molecular complexity index is 351. The number of nitrogens with one attached hydrogen (secondary N) is 2. The second-order valence-electron chi connectivity index (χ2n) is 4.62. The molecule has 0 radical (unpaired) electrons. The SMILES string of the molecule is CCCC(C)Nc1ncnc(NN)c1C(C)C. The lowest BCUT2D eigenvalue weighted by Gasteiger charge is -2.19. The molecule has 17 heavy (non-hydrogen) atoms. The molecule has 5 nitrogen and oxygen atoms in total. The fourth-order valence-corrected chi connectivity index (χ4v) is 1.91. The van der Waals surface area contributed by atoms with Crippen molar-refractivity contribution in [1.29, 1.82) is 0 Å². The van der Waals surface area contributed by atoms with Gasteiger partial charge in [0, 0.05) is 11.6 Å². The van der Waals surface area contributed by atoms with Gasteiger partial charge in [-0.15, -0.1) is 0 Å². The van der Waals surface area contributed by atoms with Crippen molar-refractivity contribution in [2.24, 2.45) is 5.84 Å². The lowest BCUT2D eigenvalue weighted by Crippen LogP contribution is -2.20. The molecular weight excluding hydrogens is 214 g/mol. The summed E-state index contributed by atoms with van der Waals surface area (Å²) in [6.45, 7) is 8.55. The van der Waals surface area contributed by atoms with Gasteiger partial charge in [0.05, 0.1) is 0 Å². The average molecular weight is 237 g/mol. The highest BCUT2D eigenvalue weighted by atomic mass is 15.3. The summed E-state index contributed by atoms with van der Waals surface area (Å²) in [6.07, 6.45) is 3.80. The quantitative estimate of drug-likeness (QED) is 0.523. The third-order valence-electron chi connectivity index (χ3n) is 2.70. The van der Waals surface area contributed by atoms with Gasteiger partial charge in [-0.25, -0.2) is 15.8 Å². The predicted octanol–water partition coefficient (Wildman–Crippen LogP) is 2.49. The molecular formula is C12H23N5. The van der Waals surface area contributed by atoms with Crippen LogP contribution in [0, 0.1) is 0 Å². The van der Waals surface area contributed by atoms with Crippen LogP contribution in [0.4, 0.5) is 11.6 Å². The Kier molecular flexibility index (Phi) is 5.15. The second kappa shape index (κ2) is 6.39. The van der Waals surface area contributed by atoms with Crippen LogP contribution in [0.15, 0.2) is 6.33 Å². The number of hydrogen-bond acceptors (Lipinski definition) is 5. The highest BCUT2D eigenvalue weighted by Crippen LogP contribution is 2.28. The Labute approximate surface area is 103 Å². The maximum absolute atomic E-state index is 5.48. The van der Waals surface area contributed by atoms with Gasteiger partial charge in [-0.2, -0.15) is 0 Å². The summed E-state index contributed by atoms with van der Waals surface area (Å²) < 4.78 is 0. The van der Waals surface area contributed by atoms with Crippen LogP contribution >= 0.6 is 0 Å². The van der Waals surface area contributed by atoms with Crippen molar-refractivity contribution in [2.45, 2.75) is 52.5 Å². The molecule has 0 fully saturated rings. The molecule has 96 valence electrons. The van der Waals surface area contributed by atoms with Crippen LogP contribution in [-0.2, 0) is 0 Å². The van der Waals surface area contributed by atoms with Crippen molar-refractivity contribution >= 4 is 11.6 Å². The van der Waals surface area contributed by atoms with E-state index in [9.17, 15) is 0 Å². The number of nitrogens with two attached hydrogens (primary N) is 1. The van der Waals surface area contributed by atoms with Crippen LogP contribution in [0.2, 0.25) is 0 Å². The first-order valence-corrected chi connectivity index (χ1v) is 6.18. The number of hydrazine groups is 1. The van der Waals surface area contributed by atoms with E-state index in [0.717, 1.165) is 24.2 Å². The van der Waals surface area contributed by atoms with Crippen molar-refractivity contribution in [3.63, 3.8) is 0 Å². The van der Waals surface area contributed by atoms with E-state index in [4.69, 9.17) is 5.84 Å². The Hall–Kier alpha value is -1.36. The van der Waals surface area contributed by atoms with Crippen molar-refractivity contribution in [2.75, 3.05) is 10.7 Å². The highest BCUT2D eigenvalue weighted by molar-refractivity contribution is 5.58. The minimum absolute atomic E-state index is 0.318. The average Bonchev–Trinajstić information content (AvgIpc) is 2.28. The Morgan fingerprint density at radius 3 is 2.41 bits per heavy atom. The van der Waals surface area contributed by atoms with E-state index in [1.807, 2.05) is 0 Å². The molecule has 1 unspecified atom stereocenters. The van der Waals surface area contributed by atoms with Crippen LogP contribution in [0.5, 0.6) is 0 Å². The van der Waals surface area contributed by atoms with E-state index in [0.29, 0.717) is 17.8 Å². The maximum atomic E-state index is 5.48. The zero-order valence-electron chi connectivity index (χ0n) is 11.1. The Morgan fingerprint density at radius 1 is 1.24 bits per heavy atom. The molecule has 0 bridgehead atoms. The van der Waals surface area contributed by atoms with Crippen LogP contribution in [0.25, 0.3) is 0 Å². The number of nitrogens with zero attached hydrogens (tertiary/aromatic N) is 2. The van der Waals surface area contributed by atoms with E-state index < -0.39 is 0 Å². The summed E-state index contributed by atoms with van der Waals surface area (Å²) in [6, 6.07) is 0.401. The molecule has 0 spiro atoms. The standard InChI is InChI=1S/C12H23N5/c1-5-6-9(4)16-11-10(8(2)3)12(17-13)15-7-14-11/h7-9H,5-6,13H2,1-4H3,(H2,14,15,16,17). The van der Waals surface area contributed by atoms with Gasteiger partial charge in [0.2, 0.25) is 0 Å². The molecule has 0 aliphatic rings. The number of anilines is 2. The molecule has 1 rings (SSSR count). The third kappa shape index (κ3) is 3.56. The number of rotatable bonds is 6. The number of aromatic nitrogens is 2. The Morgan fingerprint density at radius 2 is 1.88 bits per heavy atom. The molecule has 1 atom stereocenters. The largest absolute Gasteiger partial charge is 0.367 e. The Balaban J connectivity index is 2.97. The molecule has 0 aliphatic heterocycles. The monoisotopic (exact) mass is 237 g/mol. The van der Waals surface area contributed by atoms with Crippen molar-refractivity contribution in [3.05, 3.63) is 11.9 Å². The van der Waals surface area contributed by atoms with Crippen molar-refractivity contribution < 1.29 is 0 Å². The zero-order chi connectivity index (χ0) is 12.8. The fraction of sp³-hybridized carbons (Fsp3) is 0.667. The fourth-order valence-electron chi connectivity index (χ4n) is 1.91. The first kappa shape index (κ1) is 13.7.